The minimum absolute atomic E-state index is 0.132. The van der Waals surface area contributed by atoms with E-state index in [1.165, 1.54) is 13.1 Å². The Bertz CT molecular complexity index is 712. The summed E-state index contributed by atoms with van der Waals surface area (Å²) in [5.41, 5.74) is 0.614. The smallest absolute Gasteiger partial charge is 0.265 e. The second kappa shape index (κ2) is 6.51. The van der Waals surface area contributed by atoms with Crippen LogP contribution >= 0.6 is 22.9 Å². The Morgan fingerprint density at radius 2 is 1.95 bits per heavy atom. The highest BCUT2D eigenvalue weighted by atomic mass is 35.5. The van der Waals surface area contributed by atoms with E-state index in [1.807, 2.05) is 0 Å². The van der Waals surface area contributed by atoms with Crippen LogP contribution in [0.4, 0.5) is 5.69 Å². The van der Waals surface area contributed by atoms with Crippen LogP contribution in [0.1, 0.15) is 30.4 Å². The molecule has 2 amide bonds. The molecule has 7 heteroatoms. The van der Waals surface area contributed by atoms with Crippen molar-refractivity contribution in [3.8, 4) is 0 Å². The third kappa shape index (κ3) is 3.29. The first-order valence-electron chi connectivity index (χ1n) is 5.93. The molecule has 0 unspecified atom stereocenters. The van der Waals surface area contributed by atoms with Gasteiger partial charge in [0, 0.05) is 7.05 Å². The van der Waals surface area contributed by atoms with Crippen molar-refractivity contribution in [3.05, 3.63) is 50.7 Å². The monoisotopic (exact) mass is 322 g/mol. The molecular formula is C14H11ClN2O3S. The highest BCUT2D eigenvalue weighted by molar-refractivity contribution is 7.18. The number of amides is 2. The van der Waals surface area contributed by atoms with E-state index in [2.05, 4.69) is 10.6 Å². The molecule has 0 aliphatic heterocycles. The molecular weight excluding hydrogens is 312 g/mol. The first kappa shape index (κ1) is 15.2. The number of carbonyl (C=O) groups excluding carboxylic acids is 3. The lowest BCUT2D eigenvalue weighted by Crippen LogP contribution is -2.21. The minimum atomic E-state index is -0.396. The van der Waals surface area contributed by atoms with Crippen LogP contribution in [0, 0.1) is 0 Å². The van der Waals surface area contributed by atoms with Gasteiger partial charge < -0.3 is 10.6 Å². The second-order valence-corrected chi connectivity index (χ2v) is 5.74. The molecule has 0 radical (unpaired) electrons. The number of thiophene rings is 1. The summed E-state index contributed by atoms with van der Waals surface area (Å²) in [6.45, 7) is 0. The van der Waals surface area contributed by atoms with E-state index < -0.39 is 5.91 Å². The second-order valence-electron chi connectivity index (χ2n) is 4.02. The molecule has 0 fully saturated rings. The molecule has 0 aliphatic carbocycles. The third-order valence-electron chi connectivity index (χ3n) is 2.74. The predicted octanol–water partition coefficient (Wildman–Crippen LogP) is 2.83. The standard InChI is InChI=1S/C14H11ClN2O3S/c1-16-13(19)8-3-2-4-10(9(8)7-18)17-14(20)11-5-6-12(15)21-11/h2-7H,1H3,(H,16,19)(H,17,20). The molecule has 2 aromatic rings. The van der Waals surface area contributed by atoms with Gasteiger partial charge in [-0.05, 0) is 24.3 Å². The van der Waals surface area contributed by atoms with Crippen LogP contribution in [0.5, 0.6) is 0 Å². The van der Waals surface area contributed by atoms with Crippen molar-refractivity contribution >= 4 is 46.7 Å². The van der Waals surface area contributed by atoms with E-state index >= 15 is 0 Å². The van der Waals surface area contributed by atoms with Crippen molar-refractivity contribution in [1.82, 2.24) is 5.32 Å². The fraction of sp³-hybridized carbons (Fsp3) is 0.0714. The zero-order chi connectivity index (χ0) is 15.4. The van der Waals surface area contributed by atoms with Crippen molar-refractivity contribution in [2.75, 3.05) is 12.4 Å². The summed E-state index contributed by atoms with van der Waals surface area (Å²) in [6.07, 6.45) is 0.543. The quantitative estimate of drug-likeness (QED) is 0.850. The summed E-state index contributed by atoms with van der Waals surface area (Å²) in [4.78, 5) is 35.4. The lowest BCUT2D eigenvalue weighted by Gasteiger charge is -2.10. The number of rotatable bonds is 4. The fourth-order valence-electron chi connectivity index (χ4n) is 1.75. The topological polar surface area (TPSA) is 75.3 Å². The molecule has 0 bridgehead atoms. The number of anilines is 1. The zero-order valence-electron chi connectivity index (χ0n) is 11.0. The van der Waals surface area contributed by atoms with Gasteiger partial charge in [-0.2, -0.15) is 0 Å². The number of hydrogen-bond donors (Lipinski definition) is 2. The van der Waals surface area contributed by atoms with Crippen LogP contribution in [-0.2, 0) is 0 Å². The molecule has 1 aromatic carbocycles. The average Bonchev–Trinajstić information content (AvgIpc) is 2.92. The van der Waals surface area contributed by atoms with E-state index in [9.17, 15) is 14.4 Å². The summed E-state index contributed by atoms with van der Waals surface area (Å²) in [6, 6.07) is 7.87. The highest BCUT2D eigenvalue weighted by Gasteiger charge is 2.16. The Morgan fingerprint density at radius 3 is 2.52 bits per heavy atom. The molecule has 108 valence electrons. The van der Waals surface area contributed by atoms with Crippen molar-refractivity contribution in [2.45, 2.75) is 0 Å². The number of benzene rings is 1. The Labute approximate surface area is 129 Å². The van der Waals surface area contributed by atoms with E-state index in [0.717, 1.165) is 11.3 Å². The van der Waals surface area contributed by atoms with Gasteiger partial charge in [-0.25, -0.2) is 0 Å². The fourth-order valence-corrected chi connectivity index (χ4v) is 2.69. The van der Waals surface area contributed by atoms with Crippen molar-refractivity contribution in [3.63, 3.8) is 0 Å². The van der Waals surface area contributed by atoms with Gasteiger partial charge >= 0.3 is 0 Å². The van der Waals surface area contributed by atoms with Crippen LogP contribution in [0.25, 0.3) is 0 Å². The maximum Gasteiger partial charge on any atom is 0.265 e. The summed E-state index contributed by atoms with van der Waals surface area (Å²) >= 11 is 6.91. The lowest BCUT2D eigenvalue weighted by atomic mass is 10.1. The Kier molecular flexibility index (Phi) is 4.72. The summed E-state index contributed by atoms with van der Waals surface area (Å²) in [5.74, 6) is -0.781. The van der Waals surface area contributed by atoms with Gasteiger partial charge in [-0.3, -0.25) is 14.4 Å². The van der Waals surface area contributed by atoms with Crippen molar-refractivity contribution in [2.24, 2.45) is 0 Å². The van der Waals surface area contributed by atoms with Gasteiger partial charge in [0.05, 0.1) is 26.0 Å². The summed E-state index contributed by atoms with van der Waals surface area (Å²) in [7, 11) is 1.47. The van der Waals surface area contributed by atoms with Crippen LogP contribution < -0.4 is 10.6 Å². The maximum atomic E-state index is 12.1. The normalized spacial score (nSPS) is 10.0. The van der Waals surface area contributed by atoms with E-state index in [1.54, 1.807) is 24.3 Å². The lowest BCUT2D eigenvalue weighted by molar-refractivity contribution is 0.0956. The average molecular weight is 323 g/mol. The van der Waals surface area contributed by atoms with E-state index in [0.29, 0.717) is 15.5 Å². The minimum Gasteiger partial charge on any atom is -0.355 e. The van der Waals surface area contributed by atoms with Gasteiger partial charge in [0.15, 0.2) is 6.29 Å². The number of hydrogen-bond acceptors (Lipinski definition) is 4. The van der Waals surface area contributed by atoms with Crippen LogP contribution in [0.2, 0.25) is 4.34 Å². The number of carbonyl (C=O) groups is 3. The van der Waals surface area contributed by atoms with Gasteiger partial charge in [0.1, 0.15) is 0 Å². The molecule has 5 nitrogen and oxygen atoms in total. The number of aldehydes is 1. The molecule has 2 rings (SSSR count). The highest BCUT2D eigenvalue weighted by Crippen LogP contribution is 2.24. The van der Waals surface area contributed by atoms with Crippen molar-refractivity contribution in [1.29, 1.82) is 0 Å². The third-order valence-corrected chi connectivity index (χ3v) is 3.97. The SMILES string of the molecule is CNC(=O)c1cccc(NC(=O)c2ccc(Cl)s2)c1C=O. The van der Waals surface area contributed by atoms with Crippen molar-refractivity contribution < 1.29 is 14.4 Å². The van der Waals surface area contributed by atoms with Gasteiger partial charge in [0.2, 0.25) is 0 Å². The molecule has 0 atom stereocenters. The first-order chi connectivity index (χ1) is 10.1. The molecule has 0 saturated carbocycles. The summed E-state index contributed by atoms with van der Waals surface area (Å²) < 4.78 is 0.495. The predicted molar refractivity (Wildman–Crippen MR) is 82.5 cm³/mol. The Morgan fingerprint density at radius 1 is 1.19 bits per heavy atom. The molecule has 0 saturated heterocycles. The Balaban J connectivity index is 2.34. The molecule has 0 spiro atoms. The van der Waals surface area contributed by atoms with Gasteiger partial charge in [0.25, 0.3) is 11.8 Å². The van der Waals surface area contributed by atoms with E-state index in [4.69, 9.17) is 11.6 Å². The molecule has 21 heavy (non-hydrogen) atoms. The summed E-state index contributed by atoms with van der Waals surface area (Å²) in [5, 5.41) is 5.06. The largest absolute Gasteiger partial charge is 0.355 e. The molecule has 2 N–H and O–H groups in total. The van der Waals surface area contributed by atoms with Gasteiger partial charge in [-0.15, -0.1) is 11.3 Å². The molecule has 0 aliphatic rings. The zero-order valence-corrected chi connectivity index (χ0v) is 12.5. The first-order valence-corrected chi connectivity index (χ1v) is 7.13. The van der Waals surface area contributed by atoms with E-state index in [-0.39, 0.29) is 22.7 Å². The molecule has 1 heterocycles. The van der Waals surface area contributed by atoms with Gasteiger partial charge in [-0.1, -0.05) is 17.7 Å². The molecule has 1 aromatic heterocycles. The maximum absolute atomic E-state index is 12.1. The van der Waals surface area contributed by atoms with Crippen LogP contribution in [0.15, 0.2) is 30.3 Å². The number of halogens is 1. The Hall–Kier alpha value is -2.18. The number of nitrogens with one attached hydrogen (secondary N) is 2. The van der Waals surface area contributed by atoms with Crippen LogP contribution in [-0.4, -0.2) is 25.1 Å². The van der Waals surface area contributed by atoms with Crippen LogP contribution in [0.3, 0.4) is 0 Å².